The van der Waals surface area contributed by atoms with E-state index in [0.29, 0.717) is 12.8 Å². The predicted octanol–water partition coefficient (Wildman–Crippen LogP) is 3.83. The zero-order valence-electron chi connectivity index (χ0n) is 13.9. The van der Waals surface area contributed by atoms with Gasteiger partial charge in [0.1, 0.15) is 5.54 Å². The Morgan fingerprint density at radius 2 is 1.56 bits per heavy atom. The molecule has 0 saturated heterocycles. The summed E-state index contributed by atoms with van der Waals surface area (Å²) in [5, 5.41) is 9.91. The molecule has 2 aliphatic carbocycles. The number of carbonyl (C=O) groups is 2. The van der Waals surface area contributed by atoms with Crippen molar-refractivity contribution in [2.24, 2.45) is 0 Å². The molecule has 0 atom stereocenters. The number of amides is 1. The van der Waals surface area contributed by atoms with Gasteiger partial charge in [-0.2, -0.15) is 0 Å². The zero-order valence-corrected chi connectivity index (χ0v) is 13.9. The lowest BCUT2D eigenvalue weighted by Gasteiger charge is -2.48. The number of benzene rings is 2. The number of carbonyl (C=O) groups excluding carboxylic acids is 1. The smallest absolute Gasteiger partial charge is 0.411 e. The molecule has 1 N–H and O–H groups in total. The summed E-state index contributed by atoms with van der Waals surface area (Å²) >= 11 is 0. The van der Waals surface area contributed by atoms with E-state index < -0.39 is 23.6 Å². The van der Waals surface area contributed by atoms with E-state index in [1.165, 1.54) is 12.0 Å². The minimum atomic E-state index is -1.21. The summed E-state index contributed by atoms with van der Waals surface area (Å²) in [6.07, 6.45) is 1.07. The second-order valence-corrected chi connectivity index (χ2v) is 6.61. The van der Waals surface area contributed by atoms with Gasteiger partial charge in [-0.3, -0.25) is 4.90 Å². The number of nitrogens with zero attached hydrogens (tertiary/aromatic N) is 1. The summed E-state index contributed by atoms with van der Waals surface area (Å²) in [4.78, 5) is 26.2. The van der Waals surface area contributed by atoms with Crippen LogP contribution in [0, 0.1) is 0 Å². The molecule has 0 aliphatic heterocycles. The molecule has 0 radical (unpaired) electrons. The topological polar surface area (TPSA) is 66.8 Å². The lowest BCUT2D eigenvalue weighted by Crippen LogP contribution is -2.62. The van der Waals surface area contributed by atoms with Crippen molar-refractivity contribution in [2.75, 3.05) is 7.11 Å². The van der Waals surface area contributed by atoms with E-state index in [-0.39, 0.29) is 0 Å². The number of ether oxygens (including phenoxy) is 1. The van der Waals surface area contributed by atoms with Gasteiger partial charge >= 0.3 is 12.1 Å². The molecule has 1 fully saturated rings. The standard InChI is InChI=1S/C20H19NO4/c1-25-19(24)21(20(18(22)23)11-6-12-20)17-15-9-4-2-7-13(15)14-8-3-5-10-16(14)17/h2-5,7-10,17H,6,11-12H2,1H3,(H,22,23). The summed E-state index contributed by atoms with van der Waals surface area (Å²) in [5.41, 5.74) is 2.76. The molecule has 2 aromatic rings. The average Bonchev–Trinajstić information content (AvgIpc) is 2.91. The van der Waals surface area contributed by atoms with Crippen molar-refractivity contribution in [1.29, 1.82) is 0 Å². The van der Waals surface area contributed by atoms with Crippen molar-refractivity contribution in [2.45, 2.75) is 30.8 Å². The Balaban J connectivity index is 1.94. The number of rotatable bonds is 3. The summed E-state index contributed by atoms with van der Waals surface area (Å²) in [7, 11) is 1.30. The van der Waals surface area contributed by atoms with Gasteiger partial charge in [-0.15, -0.1) is 0 Å². The van der Waals surface area contributed by atoms with Gasteiger partial charge < -0.3 is 9.84 Å². The van der Waals surface area contributed by atoms with Crippen molar-refractivity contribution < 1.29 is 19.4 Å². The van der Waals surface area contributed by atoms with E-state index in [2.05, 4.69) is 0 Å². The fourth-order valence-corrected chi connectivity index (χ4v) is 4.10. The first kappa shape index (κ1) is 15.7. The first-order valence-electron chi connectivity index (χ1n) is 8.39. The third-order valence-electron chi connectivity index (χ3n) is 5.47. The van der Waals surface area contributed by atoms with Crippen LogP contribution < -0.4 is 0 Å². The maximum atomic E-state index is 12.7. The second-order valence-electron chi connectivity index (χ2n) is 6.61. The highest BCUT2D eigenvalue weighted by molar-refractivity contribution is 5.88. The van der Waals surface area contributed by atoms with Crippen molar-refractivity contribution in [3.05, 3.63) is 59.7 Å². The fourth-order valence-electron chi connectivity index (χ4n) is 4.10. The van der Waals surface area contributed by atoms with Crippen LogP contribution in [-0.2, 0) is 9.53 Å². The van der Waals surface area contributed by atoms with Gasteiger partial charge in [0.05, 0.1) is 13.2 Å². The normalized spacial score (nSPS) is 17.2. The predicted molar refractivity (Wildman–Crippen MR) is 92.2 cm³/mol. The summed E-state index contributed by atoms with van der Waals surface area (Å²) in [6.45, 7) is 0. The Morgan fingerprint density at radius 3 is 1.96 bits per heavy atom. The molecule has 1 amide bonds. The zero-order chi connectivity index (χ0) is 17.6. The van der Waals surface area contributed by atoms with Crippen LogP contribution in [0.1, 0.15) is 36.4 Å². The van der Waals surface area contributed by atoms with Crippen LogP contribution in [0.25, 0.3) is 11.1 Å². The molecular weight excluding hydrogens is 318 g/mol. The second kappa shape index (κ2) is 5.62. The molecule has 4 rings (SSSR count). The molecule has 5 heteroatoms. The average molecular weight is 337 g/mol. The number of hydrogen-bond acceptors (Lipinski definition) is 3. The third kappa shape index (κ3) is 2.08. The number of fused-ring (bicyclic) bond motifs is 3. The SMILES string of the molecule is COC(=O)N(C1c2ccccc2-c2ccccc21)C1(C(=O)O)CCC1. The van der Waals surface area contributed by atoms with Crippen LogP contribution in [-0.4, -0.2) is 34.7 Å². The van der Waals surface area contributed by atoms with Crippen LogP contribution in [0.2, 0.25) is 0 Å². The van der Waals surface area contributed by atoms with Crippen molar-refractivity contribution in [3.8, 4) is 11.1 Å². The lowest BCUT2D eigenvalue weighted by atomic mass is 9.74. The van der Waals surface area contributed by atoms with E-state index in [0.717, 1.165) is 28.7 Å². The summed E-state index contributed by atoms with van der Waals surface area (Å²) in [6, 6.07) is 15.2. The molecule has 128 valence electrons. The van der Waals surface area contributed by atoms with Gasteiger partial charge in [-0.25, -0.2) is 9.59 Å². The number of hydrogen-bond donors (Lipinski definition) is 1. The number of methoxy groups -OCH3 is 1. The van der Waals surface area contributed by atoms with Crippen LogP contribution in [0.15, 0.2) is 48.5 Å². The molecule has 0 heterocycles. The molecule has 1 saturated carbocycles. The largest absolute Gasteiger partial charge is 0.479 e. The van der Waals surface area contributed by atoms with E-state index in [1.54, 1.807) is 0 Å². The molecule has 2 aromatic carbocycles. The Hall–Kier alpha value is -2.82. The Morgan fingerprint density at radius 1 is 1.04 bits per heavy atom. The third-order valence-corrected chi connectivity index (χ3v) is 5.47. The molecule has 2 aliphatic rings. The van der Waals surface area contributed by atoms with Gasteiger partial charge in [0, 0.05) is 0 Å². The van der Waals surface area contributed by atoms with Gasteiger partial charge in [-0.1, -0.05) is 48.5 Å². The highest BCUT2D eigenvalue weighted by Crippen LogP contribution is 2.51. The first-order chi connectivity index (χ1) is 12.1. The fraction of sp³-hybridized carbons (Fsp3) is 0.300. The molecule has 0 spiro atoms. The molecule has 0 aromatic heterocycles. The van der Waals surface area contributed by atoms with Crippen LogP contribution >= 0.6 is 0 Å². The van der Waals surface area contributed by atoms with Gasteiger partial charge in [0.15, 0.2) is 0 Å². The highest BCUT2D eigenvalue weighted by Gasteiger charge is 2.56. The molecule has 0 unspecified atom stereocenters. The van der Waals surface area contributed by atoms with Crippen molar-refractivity contribution in [1.82, 2.24) is 4.90 Å². The Kier molecular flexibility index (Phi) is 3.53. The van der Waals surface area contributed by atoms with E-state index >= 15 is 0 Å². The van der Waals surface area contributed by atoms with Crippen molar-refractivity contribution in [3.63, 3.8) is 0 Å². The van der Waals surface area contributed by atoms with E-state index in [9.17, 15) is 14.7 Å². The lowest BCUT2D eigenvalue weighted by molar-refractivity contribution is -0.158. The minimum absolute atomic E-state index is 0.443. The number of aliphatic carboxylic acids is 1. The molecule has 5 nitrogen and oxygen atoms in total. The first-order valence-corrected chi connectivity index (χ1v) is 8.39. The Bertz CT molecular complexity index is 811. The highest BCUT2D eigenvalue weighted by atomic mass is 16.5. The van der Waals surface area contributed by atoms with Gasteiger partial charge in [0.25, 0.3) is 0 Å². The molecule has 25 heavy (non-hydrogen) atoms. The molecular formula is C20H19NO4. The van der Waals surface area contributed by atoms with Crippen molar-refractivity contribution >= 4 is 12.1 Å². The van der Waals surface area contributed by atoms with Gasteiger partial charge in [-0.05, 0) is 41.5 Å². The monoisotopic (exact) mass is 337 g/mol. The maximum Gasteiger partial charge on any atom is 0.411 e. The van der Waals surface area contributed by atoms with E-state index in [4.69, 9.17) is 4.74 Å². The number of carboxylic acid groups (broad SMARTS) is 1. The van der Waals surface area contributed by atoms with Crippen LogP contribution in [0.5, 0.6) is 0 Å². The Labute approximate surface area is 145 Å². The minimum Gasteiger partial charge on any atom is -0.479 e. The van der Waals surface area contributed by atoms with Gasteiger partial charge in [0.2, 0.25) is 0 Å². The van der Waals surface area contributed by atoms with E-state index in [1.807, 2.05) is 48.5 Å². The summed E-state index contributed by atoms with van der Waals surface area (Å²) < 4.78 is 5.01. The maximum absolute atomic E-state index is 12.7. The van der Waals surface area contributed by atoms with Crippen LogP contribution in [0.4, 0.5) is 4.79 Å². The van der Waals surface area contributed by atoms with Crippen LogP contribution in [0.3, 0.4) is 0 Å². The summed E-state index contributed by atoms with van der Waals surface area (Å²) in [5.74, 6) is -0.967. The number of carboxylic acids is 1. The quantitative estimate of drug-likeness (QED) is 0.924. The molecule has 0 bridgehead atoms.